The van der Waals surface area contributed by atoms with E-state index in [4.69, 9.17) is 0 Å². The van der Waals surface area contributed by atoms with Crippen LogP contribution in [0.2, 0.25) is 0 Å². The number of nitrogens with zero attached hydrogens (tertiary/aromatic N) is 2. The molecule has 0 saturated heterocycles. The first-order valence-electron chi connectivity index (χ1n) is 8.59. The van der Waals surface area contributed by atoms with Crippen molar-refractivity contribution < 1.29 is 0 Å². The number of nitrogens with one attached hydrogen (secondary N) is 2. The molecule has 0 atom stereocenters. The van der Waals surface area contributed by atoms with Gasteiger partial charge in [-0.05, 0) is 30.3 Å². The van der Waals surface area contributed by atoms with Crippen molar-refractivity contribution >= 4 is 43.6 Å². The molecule has 0 amide bonds. The lowest BCUT2D eigenvalue weighted by Gasteiger charge is -2.02. The van der Waals surface area contributed by atoms with Gasteiger partial charge in [0.05, 0.1) is 17.4 Å². The quantitative estimate of drug-likeness (QED) is 0.422. The molecule has 4 heteroatoms. The van der Waals surface area contributed by atoms with Gasteiger partial charge in [-0.15, -0.1) is 0 Å². The molecule has 2 aromatic carbocycles. The summed E-state index contributed by atoms with van der Waals surface area (Å²) in [5.41, 5.74) is 6.50. The summed E-state index contributed by atoms with van der Waals surface area (Å²) in [4.78, 5) is 15.8. The standard InChI is InChI=1S/C22H14N4/c1-2-4-18-14(3-1)15-9-13(5-6-19(15)25-18)21-10-16-17-11-23-8-7-20(17)26-22(16)12-24-21/h1-12,25-26H. The Kier molecular flexibility index (Phi) is 2.58. The van der Waals surface area contributed by atoms with Gasteiger partial charge in [0.2, 0.25) is 0 Å². The minimum absolute atomic E-state index is 0.967. The van der Waals surface area contributed by atoms with Gasteiger partial charge >= 0.3 is 0 Å². The predicted octanol–water partition coefficient (Wildman–Crippen LogP) is 5.41. The lowest BCUT2D eigenvalue weighted by molar-refractivity contribution is 1.34. The normalized spacial score (nSPS) is 11.8. The minimum Gasteiger partial charge on any atom is -0.355 e. The Hall–Kier alpha value is -3.66. The third-order valence-electron chi connectivity index (χ3n) is 5.09. The summed E-state index contributed by atoms with van der Waals surface area (Å²) in [6.07, 6.45) is 5.61. The maximum Gasteiger partial charge on any atom is 0.0710 e. The number of pyridine rings is 2. The fraction of sp³-hybridized carbons (Fsp3) is 0. The first-order valence-corrected chi connectivity index (χ1v) is 8.59. The van der Waals surface area contributed by atoms with Crippen molar-refractivity contribution in [1.82, 2.24) is 19.9 Å². The molecule has 26 heavy (non-hydrogen) atoms. The van der Waals surface area contributed by atoms with Crippen LogP contribution in [0.25, 0.3) is 54.9 Å². The van der Waals surface area contributed by atoms with Gasteiger partial charge in [0.25, 0.3) is 0 Å². The average Bonchev–Trinajstić information content (AvgIpc) is 3.25. The maximum absolute atomic E-state index is 4.68. The Labute approximate surface area is 148 Å². The molecule has 4 aromatic heterocycles. The SMILES string of the molecule is c1ccc2c(c1)[nH]c1ccc(-c3cc4c(cn3)[nH]c3ccncc34)cc12. The first kappa shape index (κ1) is 13.6. The smallest absolute Gasteiger partial charge is 0.0710 e. The number of para-hydroxylation sites is 1. The molecular weight excluding hydrogens is 320 g/mol. The van der Waals surface area contributed by atoms with Crippen LogP contribution in [0.15, 0.2) is 73.2 Å². The molecule has 2 N–H and O–H groups in total. The van der Waals surface area contributed by atoms with Crippen molar-refractivity contribution in [2.45, 2.75) is 0 Å². The number of fused-ring (bicyclic) bond motifs is 6. The Bertz CT molecular complexity index is 1330. The molecule has 4 heterocycles. The lowest BCUT2D eigenvalue weighted by Crippen LogP contribution is -1.83. The van der Waals surface area contributed by atoms with Crippen LogP contribution in [0.4, 0.5) is 0 Å². The summed E-state index contributed by atoms with van der Waals surface area (Å²) in [6, 6.07) is 19.0. The summed E-state index contributed by atoms with van der Waals surface area (Å²) >= 11 is 0. The number of rotatable bonds is 1. The van der Waals surface area contributed by atoms with E-state index in [9.17, 15) is 0 Å². The molecule has 0 aliphatic carbocycles. The summed E-state index contributed by atoms with van der Waals surface area (Å²) < 4.78 is 0. The zero-order valence-corrected chi connectivity index (χ0v) is 13.8. The van der Waals surface area contributed by atoms with Gasteiger partial charge in [-0.2, -0.15) is 0 Å². The molecule has 0 aliphatic heterocycles. The van der Waals surface area contributed by atoms with Crippen molar-refractivity contribution in [2.24, 2.45) is 0 Å². The molecule has 4 nitrogen and oxygen atoms in total. The van der Waals surface area contributed by atoms with E-state index in [1.807, 2.05) is 18.5 Å². The van der Waals surface area contributed by atoms with Gasteiger partial charge in [0.1, 0.15) is 0 Å². The second-order valence-corrected chi connectivity index (χ2v) is 6.59. The van der Waals surface area contributed by atoms with E-state index in [0.29, 0.717) is 0 Å². The Morgan fingerprint density at radius 2 is 1.42 bits per heavy atom. The van der Waals surface area contributed by atoms with E-state index in [2.05, 4.69) is 68.5 Å². The Morgan fingerprint density at radius 1 is 0.615 bits per heavy atom. The third-order valence-corrected chi connectivity index (χ3v) is 5.09. The predicted molar refractivity (Wildman–Crippen MR) is 106 cm³/mol. The van der Waals surface area contributed by atoms with E-state index in [-0.39, 0.29) is 0 Å². The molecule has 6 aromatic rings. The minimum atomic E-state index is 0.967. The zero-order valence-electron chi connectivity index (χ0n) is 13.8. The number of H-pyrrole nitrogens is 2. The van der Waals surface area contributed by atoms with Crippen molar-refractivity contribution in [3.8, 4) is 11.3 Å². The van der Waals surface area contributed by atoms with E-state index < -0.39 is 0 Å². The molecule has 0 aliphatic rings. The summed E-state index contributed by atoms with van der Waals surface area (Å²) in [5, 5.41) is 4.73. The van der Waals surface area contributed by atoms with E-state index in [1.54, 1.807) is 6.20 Å². The summed E-state index contributed by atoms with van der Waals surface area (Å²) in [6.45, 7) is 0. The Balaban J connectivity index is 1.61. The molecule has 6 rings (SSSR count). The molecule has 0 fully saturated rings. The molecule has 0 unspecified atom stereocenters. The Morgan fingerprint density at radius 3 is 2.42 bits per heavy atom. The fourth-order valence-corrected chi connectivity index (χ4v) is 3.81. The highest BCUT2D eigenvalue weighted by Crippen LogP contribution is 2.31. The number of hydrogen-bond acceptors (Lipinski definition) is 2. The first-order chi connectivity index (χ1) is 12.9. The van der Waals surface area contributed by atoms with Crippen molar-refractivity contribution in [1.29, 1.82) is 0 Å². The van der Waals surface area contributed by atoms with E-state index >= 15 is 0 Å². The van der Waals surface area contributed by atoms with Crippen LogP contribution in [-0.2, 0) is 0 Å². The molecule has 122 valence electrons. The number of aromatic nitrogens is 4. The summed E-state index contributed by atoms with van der Waals surface area (Å²) in [5.74, 6) is 0. The van der Waals surface area contributed by atoms with Crippen LogP contribution in [0.5, 0.6) is 0 Å². The monoisotopic (exact) mass is 334 g/mol. The second-order valence-electron chi connectivity index (χ2n) is 6.59. The molecule has 0 saturated carbocycles. The van der Waals surface area contributed by atoms with Crippen molar-refractivity contribution in [3.63, 3.8) is 0 Å². The molecule has 0 spiro atoms. The maximum atomic E-state index is 4.68. The van der Waals surface area contributed by atoms with Crippen LogP contribution in [0.3, 0.4) is 0 Å². The average molecular weight is 334 g/mol. The zero-order chi connectivity index (χ0) is 17.1. The molecule has 0 radical (unpaired) electrons. The second kappa shape index (κ2) is 4.92. The fourth-order valence-electron chi connectivity index (χ4n) is 3.81. The third kappa shape index (κ3) is 1.84. The topological polar surface area (TPSA) is 57.4 Å². The van der Waals surface area contributed by atoms with Gasteiger partial charge < -0.3 is 9.97 Å². The van der Waals surface area contributed by atoms with Crippen LogP contribution in [-0.4, -0.2) is 19.9 Å². The van der Waals surface area contributed by atoms with Gasteiger partial charge in [-0.25, -0.2) is 0 Å². The van der Waals surface area contributed by atoms with E-state index in [1.165, 1.54) is 10.8 Å². The summed E-state index contributed by atoms with van der Waals surface area (Å²) in [7, 11) is 0. The van der Waals surface area contributed by atoms with Crippen LogP contribution in [0.1, 0.15) is 0 Å². The van der Waals surface area contributed by atoms with Gasteiger partial charge in [0, 0.05) is 56.1 Å². The van der Waals surface area contributed by atoms with Gasteiger partial charge in [-0.3, -0.25) is 9.97 Å². The van der Waals surface area contributed by atoms with Crippen molar-refractivity contribution in [2.75, 3.05) is 0 Å². The molecular formula is C22H14N4. The van der Waals surface area contributed by atoms with Crippen LogP contribution < -0.4 is 0 Å². The lowest BCUT2D eigenvalue weighted by atomic mass is 10.1. The van der Waals surface area contributed by atoms with Crippen molar-refractivity contribution in [3.05, 3.63) is 73.2 Å². The molecule has 0 bridgehead atoms. The van der Waals surface area contributed by atoms with Gasteiger partial charge in [0.15, 0.2) is 0 Å². The highest BCUT2D eigenvalue weighted by atomic mass is 14.8. The highest BCUT2D eigenvalue weighted by Gasteiger charge is 2.09. The van der Waals surface area contributed by atoms with E-state index in [0.717, 1.165) is 44.1 Å². The highest BCUT2D eigenvalue weighted by molar-refractivity contribution is 6.09. The number of hydrogen-bond donors (Lipinski definition) is 2. The largest absolute Gasteiger partial charge is 0.355 e. The van der Waals surface area contributed by atoms with Gasteiger partial charge in [-0.1, -0.05) is 24.3 Å². The number of benzene rings is 2. The van der Waals surface area contributed by atoms with Crippen LogP contribution in [0, 0.1) is 0 Å². The number of aromatic amines is 2. The van der Waals surface area contributed by atoms with Crippen LogP contribution >= 0.6 is 0 Å².